The summed E-state index contributed by atoms with van der Waals surface area (Å²) in [5.41, 5.74) is 5.42. The van der Waals surface area contributed by atoms with Gasteiger partial charge in [-0.15, -0.1) is 0 Å². The van der Waals surface area contributed by atoms with Gasteiger partial charge in [-0.05, 0) is 68.6 Å². The third-order valence-electron chi connectivity index (χ3n) is 5.22. The van der Waals surface area contributed by atoms with Gasteiger partial charge in [0.05, 0.1) is 0 Å². The highest BCUT2D eigenvalue weighted by Crippen LogP contribution is 2.59. The van der Waals surface area contributed by atoms with Crippen molar-refractivity contribution in [1.82, 2.24) is 0 Å². The first-order valence-electron chi connectivity index (χ1n) is 9.90. The monoisotopic (exact) mass is 376 g/mol. The largest absolute Gasteiger partial charge is 0.0633 e. The van der Waals surface area contributed by atoms with Gasteiger partial charge in [-0.25, -0.2) is 0 Å². The van der Waals surface area contributed by atoms with Crippen LogP contribution in [0.25, 0.3) is 21.9 Å². The molecule has 0 atom stereocenters. The zero-order chi connectivity index (χ0) is 20.0. The minimum atomic E-state index is -0.347. The van der Waals surface area contributed by atoms with E-state index in [1.807, 2.05) is 0 Å². The molecule has 3 aromatic carbocycles. The Bertz CT molecular complexity index is 954. The minimum absolute atomic E-state index is 0.255. The standard InChI is InChI=1S/C26H33P/c1-18-11-9-10-12-22(18)21-16-15-20-14-13-19(2)24(23(20)17-21)27(25(3,4)5)26(6,7)8/h9-17H,1-8H3. The maximum absolute atomic E-state index is 2.44. The fourth-order valence-corrected chi connectivity index (χ4v) is 8.67. The third-order valence-corrected chi connectivity index (χ3v) is 8.94. The first-order chi connectivity index (χ1) is 12.5. The van der Waals surface area contributed by atoms with Crippen LogP contribution in [0.15, 0.2) is 54.6 Å². The van der Waals surface area contributed by atoms with Gasteiger partial charge in [-0.2, -0.15) is 0 Å². The molecule has 0 fully saturated rings. The van der Waals surface area contributed by atoms with Gasteiger partial charge >= 0.3 is 0 Å². The van der Waals surface area contributed by atoms with Gasteiger partial charge in [-0.1, -0.05) is 98.0 Å². The third kappa shape index (κ3) is 3.97. The molecule has 142 valence electrons. The summed E-state index contributed by atoms with van der Waals surface area (Å²) >= 11 is 0. The van der Waals surface area contributed by atoms with Crippen LogP contribution in [-0.4, -0.2) is 10.3 Å². The molecule has 27 heavy (non-hydrogen) atoms. The van der Waals surface area contributed by atoms with Gasteiger partial charge in [0.1, 0.15) is 0 Å². The van der Waals surface area contributed by atoms with Crippen molar-refractivity contribution in [3.05, 3.63) is 65.7 Å². The van der Waals surface area contributed by atoms with Crippen LogP contribution < -0.4 is 5.30 Å². The van der Waals surface area contributed by atoms with E-state index in [0.717, 1.165) is 0 Å². The normalized spacial score (nSPS) is 12.8. The van der Waals surface area contributed by atoms with Crippen molar-refractivity contribution in [2.24, 2.45) is 0 Å². The Morgan fingerprint density at radius 1 is 0.667 bits per heavy atom. The molecule has 0 aromatic heterocycles. The minimum Gasteiger partial charge on any atom is -0.0633 e. The summed E-state index contributed by atoms with van der Waals surface area (Å²) in [7, 11) is -0.347. The lowest BCUT2D eigenvalue weighted by Gasteiger charge is -2.43. The second kappa shape index (κ2) is 7.06. The van der Waals surface area contributed by atoms with Crippen LogP contribution in [0.4, 0.5) is 0 Å². The summed E-state index contributed by atoms with van der Waals surface area (Å²) in [5, 5.41) is 4.88. The topological polar surface area (TPSA) is 0 Å². The molecule has 0 N–H and O–H groups in total. The van der Waals surface area contributed by atoms with Gasteiger partial charge in [0, 0.05) is 0 Å². The van der Waals surface area contributed by atoms with Crippen molar-refractivity contribution in [3.8, 4) is 11.1 Å². The molecule has 0 unspecified atom stereocenters. The molecule has 0 aliphatic rings. The van der Waals surface area contributed by atoms with Gasteiger partial charge < -0.3 is 0 Å². The fraction of sp³-hybridized carbons (Fsp3) is 0.385. The molecule has 0 aliphatic carbocycles. The van der Waals surface area contributed by atoms with Crippen LogP contribution in [0.3, 0.4) is 0 Å². The molecule has 0 bridgehead atoms. The Balaban J connectivity index is 2.34. The van der Waals surface area contributed by atoms with E-state index < -0.39 is 0 Å². The zero-order valence-electron chi connectivity index (χ0n) is 18.1. The molecule has 3 rings (SSSR count). The predicted octanol–water partition coefficient (Wildman–Crippen LogP) is 7.83. The summed E-state index contributed by atoms with van der Waals surface area (Å²) < 4.78 is 0. The SMILES string of the molecule is Cc1ccccc1-c1ccc2ccc(C)c(P(C(C)(C)C)C(C)(C)C)c2c1. The quantitative estimate of drug-likeness (QED) is 0.400. The maximum atomic E-state index is 2.44. The van der Waals surface area contributed by atoms with Crippen molar-refractivity contribution in [2.45, 2.75) is 65.7 Å². The summed E-state index contributed by atoms with van der Waals surface area (Å²) in [5.74, 6) is 0. The Hall–Kier alpha value is -1.65. The number of hydrogen-bond donors (Lipinski definition) is 0. The first kappa shape index (κ1) is 20.1. The van der Waals surface area contributed by atoms with E-state index in [0.29, 0.717) is 0 Å². The first-order valence-corrected chi connectivity index (χ1v) is 11.2. The number of fused-ring (bicyclic) bond motifs is 1. The zero-order valence-corrected chi connectivity index (χ0v) is 19.0. The van der Waals surface area contributed by atoms with Crippen LogP contribution in [0, 0.1) is 13.8 Å². The van der Waals surface area contributed by atoms with Gasteiger partial charge in [0.2, 0.25) is 0 Å². The fourth-order valence-electron chi connectivity index (χ4n) is 4.45. The van der Waals surface area contributed by atoms with Gasteiger partial charge in [0.15, 0.2) is 0 Å². The summed E-state index contributed by atoms with van der Waals surface area (Å²) in [4.78, 5) is 0. The molecule has 0 heterocycles. The van der Waals surface area contributed by atoms with Crippen LogP contribution in [0.2, 0.25) is 0 Å². The lowest BCUT2D eigenvalue weighted by atomic mass is 9.97. The molecule has 0 spiro atoms. The van der Waals surface area contributed by atoms with Crippen LogP contribution in [0.1, 0.15) is 52.7 Å². The van der Waals surface area contributed by atoms with Crippen LogP contribution >= 0.6 is 7.92 Å². The second-order valence-electron chi connectivity index (χ2n) is 9.66. The molecule has 0 aliphatic heterocycles. The smallest absolute Gasteiger partial charge is 0.00978 e. The van der Waals surface area contributed by atoms with Gasteiger partial charge in [0.25, 0.3) is 0 Å². The van der Waals surface area contributed by atoms with E-state index in [-0.39, 0.29) is 18.2 Å². The summed E-state index contributed by atoms with van der Waals surface area (Å²) in [6, 6.07) is 20.3. The van der Waals surface area contributed by atoms with Crippen molar-refractivity contribution >= 4 is 24.0 Å². The van der Waals surface area contributed by atoms with Crippen molar-refractivity contribution in [3.63, 3.8) is 0 Å². The molecule has 0 nitrogen and oxygen atoms in total. The molecule has 0 amide bonds. The van der Waals surface area contributed by atoms with E-state index in [9.17, 15) is 0 Å². The number of rotatable bonds is 2. The number of hydrogen-bond acceptors (Lipinski definition) is 0. The second-order valence-corrected chi connectivity index (χ2v) is 13.5. The molecular formula is C26H33P. The molecular weight excluding hydrogens is 343 g/mol. The lowest BCUT2D eigenvalue weighted by molar-refractivity contribution is 0.715. The molecule has 0 saturated carbocycles. The van der Waals surface area contributed by atoms with Crippen LogP contribution in [0.5, 0.6) is 0 Å². The molecule has 1 heteroatoms. The maximum Gasteiger partial charge on any atom is -0.00978 e. The van der Waals surface area contributed by atoms with Crippen LogP contribution in [-0.2, 0) is 0 Å². The highest BCUT2D eigenvalue weighted by Gasteiger charge is 2.37. The van der Waals surface area contributed by atoms with Crippen molar-refractivity contribution < 1.29 is 0 Å². The molecule has 0 saturated heterocycles. The average Bonchev–Trinajstić information content (AvgIpc) is 2.55. The molecule has 0 radical (unpaired) electrons. The van der Waals surface area contributed by atoms with E-state index >= 15 is 0 Å². The van der Waals surface area contributed by atoms with Crippen molar-refractivity contribution in [1.29, 1.82) is 0 Å². The lowest BCUT2D eigenvalue weighted by Crippen LogP contribution is -2.32. The summed E-state index contributed by atoms with van der Waals surface area (Å²) in [6.07, 6.45) is 0. The highest BCUT2D eigenvalue weighted by atomic mass is 31.1. The summed E-state index contributed by atoms with van der Waals surface area (Å²) in [6.45, 7) is 19.0. The number of aryl methyl sites for hydroxylation is 2. The number of benzene rings is 3. The Morgan fingerprint density at radius 2 is 1.26 bits per heavy atom. The Kier molecular flexibility index (Phi) is 5.26. The van der Waals surface area contributed by atoms with E-state index in [1.54, 1.807) is 5.30 Å². The van der Waals surface area contributed by atoms with E-state index in [1.165, 1.54) is 33.0 Å². The van der Waals surface area contributed by atoms with Crippen molar-refractivity contribution in [2.75, 3.05) is 0 Å². The Morgan fingerprint density at radius 3 is 1.85 bits per heavy atom. The average molecular weight is 377 g/mol. The Labute approximate surface area is 166 Å². The molecule has 3 aromatic rings. The van der Waals surface area contributed by atoms with E-state index in [2.05, 4.69) is 110 Å². The van der Waals surface area contributed by atoms with Gasteiger partial charge in [-0.3, -0.25) is 0 Å². The van der Waals surface area contributed by atoms with E-state index in [4.69, 9.17) is 0 Å². The highest BCUT2D eigenvalue weighted by molar-refractivity contribution is 7.69. The predicted molar refractivity (Wildman–Crippen MR) is 125 cm³/mol.